The minimum absolute atomic E-state index is 0.151. The van der Waals surface area contributed by atoms with Gasteiger partial charge in [-0.2, -0.15) is 0 Å². The fourth-order valence-corrected chi connectivity index (χ4v) is 4.51. The average Bonchev–Trinajstić information content (AvgIpc) is 3.16. The molecular formula is C20H15NO5S. The number of methoxy groups -OCH3 is 1. The van der Waals surface area contributed by atoms with Crippen LogP contribution in [0.2, 0.25) is 0 Å². The molecule has 2 aromatic carbocycles. The summed E-state index contributed by atoms with van der Waals surface area (Å²) in [6, 6.07) is 13.3. The molecule has 0 unspecified atom stereocenters. The Hall–Kier alpha value is -3.19. The third-order valence-corrected chi connectivity index (χ3v) is 6.08. The molecule has 4 rings (SSSR count). The van der Waals surface area contributed by atoms with Crippen molar-refractivity contribution in [2.45, 2.75) is 10.6 Å². The van der Waals surface area contributed by atoms with Gasteiger partial charge < -0.3 is 9.15 Å². The van der Waals surface area contributed by atoms with E-state index >= 15 is 0 Å². The monoisotopic (exact) mass is 381 g/mol. The maximum atomic E-state index is 12.8. The number of fused-ring (bicyclic) bond motifs is 3. The van der Waals surface area contributed by atoms with Gasteiger partial charge in [0.15, 0.2) is 15.4 Å². The minimum atomic E-state index is -3.63. The molecule has 4 aromatic rings. The molecular weight excluding hydrogens is 366 g/mol. The Morgan fingerprint density at radius 1 is 1.07 bits per heavy atom. The third-order valence-electron chi connectivity index (χ3n) is 4.40. The summed E-state index contributed by atoms with van der Waals surface area (Å²) >= 11 is 0. The van der Waals surface area contributed by atoms with Crippen LogP contribution in [0.3, 0.4) is 0 Å². The average molecular weight is 381 g/mol. The van der Waals surface area contributed by atoms with Gasteiger partial charge in [-0.05, 0) is 23.8 Å². The summed E-state index contributed by atoms with van der Waals surface area (Å²) in [6.07, 6.45) is 3.05. The fraction of sp³-hybridized carbons (Fsp3) is 0.100. The Bertz CT molecular complexity index is 1260. The molecule has 0 atom stereocenters. The number of nitrogens with zero attached hydrogens (tertiary/aromatic N) is 1. The van der Waals surface area contributed by atoms with E-state index in [1.165, 1.54) is 31.7 Å². The first-order chi connectivity index (χ1) is 13.0. The molecule has 0 N–H and O–H groups in total. The number of ether oxygens (including phenoxy) is 1. The number of rotatable bonds is 4. The first-order valence-corrected chi connectivity index (χ1v) is 9.80. The zero-order valence-electron chi connectivity index (χ0n) is 14.4. The van der Waals surface area contributed by atoms with Gasteiger partial charge in [0.2, 0.25) is 0 Å². The van der Waals surface area contributed by atoms with E-state index in [4.69, 9.17) is 9.15 Å². The van der Waals surface area contributed by atoms with Crippen LogP contribution >= 0.6 is 0 Å². The molecule has 0 saturated carbocycles. The summed E-state index contributed by atoms with van der Waals surface area (Å²) < 4.78 is 35.8. The lowest BCUT2D eigenvalue weighted by atomic mass is 10.0. The zero-order chi connectivity index (χ0) is 19.0. The Labute approximate surface area is 155 Å². The largest absolute Gasteiger partial charge is 0.465 e. The minimum Gasteiger partial charge on any atom is -0.465 e. The summed E-state index contributed by atoms with van der Waals surface area (Å²) in [7, 11) is -2.37. The van der Waals surface area contributed by atoms with E-state index in [-0.39, 0.29) is 16.2 Å². The fourth-order valence-electron chi connectivity index (χ4n) is 3.12. The quantitative estimate of drug-likeness (QED) is 0.501. The molecule has 7 heteroatoms. The molecule has 0 bridgehead atoms. The number of furan rings is 1. The van der Waals surface area contributed by atoms with Crippen molar-refractivity contribution in [3.63, 3.8) is 0 Å². The van der Waals surface area contributed by atoms with Crippen LogP contribution in [0.5, 0.6) is 0 Å². The standard InChI is InChI=1S/C20H15NO5S/c1-25-20(22)18-13(12-27(23,24)14-5-3-2-4-6-14)7-8-16-15-9-10-26-17(15)11-21-19(16)18/h2-11H,12H2,1H3. The highest BCUT2D eigenvalue weighted by Gasteiger charge is 2.24. The van der Waals surface area contributed by atoms with Crippen LogP contribution in [-0.2, 0) is 20.3 Å². The molecule has 0 saturated heterocycles. The second kappa shape index (κ2) is 6.51. The number of hydrogen-bond acceptors (Lipinski definition) is 6. The molecule has 0 aliphatic heterocycles. The van der Waals surface area contributed by atoms with Crippen molar-refractivity contribution in [1.82, 2.24) is 4.98 Å². The summed E-state index contributed by atoms with van der Waals surface area (Å²) in [4.78, 5) is 17.0. The van der Waals surface area contributed by atoms with Gasteiger partial charge in [-0.25, -0.2) is 13.2 Å². The van der Waals surface area contributed by atoms with E-state index < -0.39 is 15.8 Å². The predicted octanol–water partition coefficient (Wildman–Crippen LogP) is 3.74. The molecule has 0 spiro atoms. The number of hydrogen-bond donors (Lipinski definition) is 0. The normalized spacial score (nSPS) is 11.7. The lowest BCUT2D eigenvalue weighted by Gasteiger charge is -2.12. The first-order valence-electron chi connectivity index (χ1n) is 8.15. The number of carbonyl (C=O) groups is 1. The van der Waals surface area contributed by atoms with Crippen LogP contribution in [0.1, 0.15) is 15.9 Å². The van der Waals surface area contributed by atoms with Gasteiger partial charge in [-0.15, -0.1) is 0 Å². The van der Waals surface area contributed by atoms with Crippen LogP contribution in [0, 0.1) is 0 Å². The van der Waals surface area contributed by atoms with Gasteiger partial charge in [-0.3, -0.25) is 4.98 Å². The molecule has 27 heavy (non-hydrogen) atoms. The number of pyridine rings is 1. The van der Waals surface area contributed by atoms with E-state index in [1.54, 1.807) is 36.4 Å². The summed E-state index contributed by atoms with van der Waals surface area (Å²) in [5, 5.41) is 1.49. The van der Waals surface area contributed by atoms with Gasteiger partial charge in [0.25, 0.3) is 0 Å². The summed E-state index contributed by atoms with van der Waals surface area (Å²) in [6.45, 7) is 0. The molecule has 0 radical (unpaired) electrons. The highest BCUT2D eigenvalue weighted by Crippen LogP contribution is 2.30. The smallest absolute Gasteiger partial charge is 0.340 e. The van der Waals surface area contributed by atoms with Gasteiger partial charge in [0, 0.05) is 10.8 Å². The van der Waals surface area contributed by atoms with Crippen LogP contribution in [0.15, 0.2) is 70.3 Å². The Balaban J connectivity index is 1.92. The van der Waals surface area contributed by atoms with Crippen molar-refractivity contribution in [1.29, 1.82) is 0 Å². The molecule has 2 aromatic heterocycles. The number of carbonyl (C=O) groups excluding carboxylic acids is 1. The van der Waals surface area contributed by atoms with Gasteiger partial charge >= 0.3 is 5.97 Å². The van der Waals surface area contributed by atoms with Crippen LogP contribution in [0.4, 0.5) is 0 Å². The van der Waals surface area contributed by atoms with Crippen molar-refractivity contribution < 1.29 is 22.4 Å². The molecule has 6 nitrogen and oxygen atoms in total. The highest BCUT2D eigenvalue weighted by molar-refractivity contribution is 7.90. The number of sulfone groups is 1. The SMILES string of the molecule is COC(=O)c1c(CS(=O)(=O)c2ccccc2)ccc2c1ncc1occc12. The second-order valence-electron chi connectivity index (χ2n) is 6.02. The Morgan fingerprint density at radius 3 is 2.59 bits per heavy atom. The van der Waals surface area contributed by atoms with E-state index in [9.17, 15) is 13.2 Å². The van der Waals surface area contributed by atoms with Gasteiger partial charge in [0.05, 0.1) is 41.3 Å². The number of benzene rings is 2. The van der Waals surface area contributed by atoms with E-state index in [2.05, 4.69) is 4.98 Å². The first kappa shape index (κ1) is 17.2. The van der Waals surface area contributed by atoms with Crippen LogP contribution < -0.4 is 0 Å². The number of esters is 1. The molecule has 0 fully saturated rings. The second-order valence-corrected chi connectivity index (χ2v) is 8.01. The molecule has 2 heterocycles. The van der Waals surface area contributed by atoms with Crippen molar-refractivity contribution in [3.8, 4) is 0 Å². The Morgan fingerprint density at radius 2 is 1.85 bits per heavy atom. The van der Waals surface area contributed by atoms with Crippen LogP contribution in [0.25, 0.3) is 21.9 Å². The van der Waals surface area contributed by atoms with E-state index in [1.807, 2.05) is 0 Å². The maximum Gasteiger partial charge on any atom is 0.340 e. The molecule has 0 aliphatic carbocycles. The highest BCUT2D eigenvalue weighted by atomic mass is 32.2. The lowest BCUT2D eigenvalue weighted by Crippen LogP contribution is -2.12. The zero-order valence-corrected chi connectivity index (χ0v) is 15.2. The van der Waals surface area contributed by atoms with E-state index in [0.29, 0.717) is 22.0 Å². The summed E-state index contributed by atoms with van der Waals surface area (Å²) in [5.41, 5.74) is 1.46. The maximum absolute atomic E-state index is 12.8. The molecule has 136 valence electrons. The predicted molar refractivity (Wildman–Crippen MR) is 100 cm³/mol. The van der Waals surface area contributed by atoms with Crippen LogP contribution in [-0.4, -0.2) is 26.5 Å². The van der Waals surface area contributed by atoms with Crippen molar-refractivity contribution in [3.05, 3.63) is 72.1 Å². The van der Waals surface area contributed by atoms with Crippen molar-refractivity contribution >= 4 is 37.7 Å². The summed E-state index contributed by atoms with van der Waals surface area (Å²) in [5.74, 6) is -0.961. The van der Waals surface area contributed by atoms with Gasteiger partial charge in [-0.1, -0.05) is 30.3 Å². The molecule has 0 amide bonds. The number of aromatic nitrogens is 1. The van der Waals surface area contributed by atoms with Crippen molar-refractivity contribution in [2.75, 3.05) is 7.11 Å². The van der Waals surface area contributed by atoms with Crippen molar-refractivity contribution in [2.24, 2.45) is 0 Å². The lowest BCUT2D eigenvalue weighted by molar-refractivity contribution is 0.0602. The Kier molecular flexibility index (Phi) is 4.16. The third kappa shape index (κ3) is 2.96. The van der Waals surface area contributed by atoms with Gasteiger partial charge in [0.1, 0.15) is 0 Å². The van der Waals surface area contributed by atoms with E-state index in [0.717, 1.165) is 5.39 Å². The topological polar surface area (TPSA) is 86.5 Å². The molecule has 0 aliphatic rings.